The van der Waals surface area contributed by atoms with Gasteiger partial charge in [0, 0.05) is 32.5 Å². The maximum atomic E-state index is 5.70. The second-order valence-corrected chi connectivity index (χ2v) is 4.01. The van der Waals surface area contributed by atoms with Crippen LogP contribution in [0.5, 0.6) is 0 Å². The van der Waals surface area contributed by atoms with Gasteiger partial charge >= 0.3 is 0 Å². The maximum absolute atomic E-state index is 5.70. The molecule has 1 aromatic carbocycles. The summed E-state index contributed by atoms with van der Waals surface area (Å²) in [6.07, 6.45) is 3.93. The molecule has 92 valence electrons. The number of ether oxygens (including phenoxy) is 3. The minimum atomic E-state index is -0.856. The highest BCUT2D eigenvalue weighted by molar-refractivity contribution is 5.52. The van der Waals surface area contributed by atoms with Gasteiger partial charge in [-0.25, -0.2) is 0 Å². The Morgan fingerprint density at radius 1 is 0.941 bits per heavy atom. The van der Waals surface area contributed by atoms with Gasteiger partial charge in [-0.15, -0.1) is 0 Å². The molecule has 0 fully saturated rings. The van der Waals surface area contributed by atoms with Crippen molar-refractivity contribution in [2.75, 3.05) is 21.3 Å². The van der Waals surface area contributed by atoms with Crippen molar-refractivity contribution < 1.29 is 14.2 Å². The zero-order valence-corrected chi connectivity index (χ0v) is 10.7. The van der Waals surface area contributed by atoms with Gasteiger partial charge in [0.2, 0.25) is 5.79 Å². The summed E-state index contributed by atoms with van der Waals surface area (Å²) in [5.41, 5.74) is 1.44. The molecule has 0 heterocycles. The summed E-state index contributed by atoms with van der Waals surface area (Å²) >= 11 is 0. The summed E-state index contributed by atoms with van der Waals surface area (Å²) in [6, 6.07) is 8.00. The van der Waals surface area contributed by atoms with E-state index >= 15 is 0 Å². The van der Waals surface area contributed by atoms with Gasteiger partial charge in [0.15, 0.2) is 5.60 Å². The van der Waals surface area contributed by atoms with Crippen LogP contribution in [-0.2, 0) is 25.6 Å². The second-order valence-electron chi connectivity index (χ2n) is 4.01. The van der Waals surface area contributed by atoms with Crippen molar-refractivity contribution in [2.45, 2.75) is 18.3 Å². The van der Waals surface area contributed by atoms with Crippen LogP contribution in [0.3, 0.4) is 0 Å². The molecular formula is C14H18O3. The van der Waals surface area contributed by atoms with E-state index in [4.69, 9.17) is 14.2 Å². The first-order valence-corrected chi connectivity index (χ1v) is 5.61. The summed E-state index contributed by atoms with van der Waals surface area (Å²) in [5, 5.41) is 0. The van der Waals surface area contributed by atoms with Crippen LogP contribution in [0.15, 0.2) is 36.4 Å². The van der Waals surface area contributed by atoms with Crippen LogP contribution in [0.1, 0.15) is 18.1 Å². The van der Waals surface area contributed by atoms with Gasteiger partial charge in [0.1, 0.15) is 0 Å². The largest absolute Gasteiger partial charge is 0.363 e. The van der Waals surface area contributed by atoms with E-state index in [1.165, 1.54) is 0 Å². The molecule has 0 saturated heterocycles. The van der Waals surface area contributed by atoms with E-state index in [2.05, 4.69) is 0 Å². The Kier molecular flexibility index (Phi) is 3.08. The van der Waals surface area contributed by atoms with Crippen LogP contribution in [0, 0.1) is 0 Å². The third kappa shape index (κ3) is 1.27. The molecule has 0 radical (unpaired) electrons. The normalized spacial score (nSPS) is 25.6. The molecule has 1 unspecified atom stereocenters. The Morgan fingerprint density at radius 2 is 1.53 bits per heavy atom. The van der Waals surface area contributed by atoms with Crippen LogP contribution in [-0.4, -0.2) is 21.3 Å². The van der Waals surface area contributed by atoms with Gasteiger partial charge in [-0.05, 0) is 13.0 Å². The van der Waals surface area contributed by atoms with E-state index in [9.17, 15) is 0 Å². The number of benzene rings is 1. The first-order valence-electron chi connectivity index (χ1n) is 5.61. The van der Waals surface area contributed by atoms with Crippen molar-refractivity contribution in [3.05, 3.63) is 47.5 Å². The SMILES string of the molecule is C/C=C/C1(OC)c2ccccc2C1(OC)OC. The molecule has 0 bridgehead atoms. The number of hydrogen-bond acceptors (Lipinski definition) is 3. The highest BCUT2D eigenvalue weighted by atomic mass is 16.7. The summed E-state index contributed by atoms with van der Waals surface area (Å²) in [6.45, 7) is 1.96. The lowest BCUT2D eigenvalue weighted by molar-refractivity contribution is -0.331. The lowest BCUT2D eigenvalue weighted by atomic mass is 9.66. The third-order valence-corrected chi connectivity index (χ3v) is 3.47. The van der Waals surface area contributed by atoms with E-state index in [1.807, 2.05) is 43.3 Å². The Balaban J connectivity index is 2.66. The molecule has 0 aromatic heterocycles. The average Bonchev–Trinajstić information content (AvgIpc) is 2.38. The Morgan fingerprint density at radius 3 is 2.00 bits per heavy atom. The van der Waals surface area contributed by atoms with Gasteiger partial charge in [-0.2, -0.15) is 0 Å². The van der Waals surface area contributed by atoms with E-state index in [0.29, 0.717) is 0 Å². The van der Waals surface area contributed by atoms with Crippen LogP contribution in [0.25, 0.3) is 0 Å². The van der Waals surface area contributed by atoms with E-state index in [-0.39, 0.29) is 0 Å². The average molecular weight is 234 g/mol. The molecule has 1 aliphatic rings. The Bertz CT molecular complexity index is 435. The summed E-state index contributed by atoms with van der Waals surface area (Å²) in [7, 11) is 4.94. The van der Waals surface area contributed by atoms with Gasteiger partial charge in [0.05, 0.1) is 0 Å². The summed E-state index contributed by atoms with van der Waals surface area (Å²) < 4.78 is 16.9. The highest BCUT2D eigenvalue weighted by Gasteiger charge is 2.64. The predicted octanol–water partition coefficient (Wildman–Crippen LogP) is 2.56. The quantitative estimate of drug-likeness (QED) is 0.592. The lowest BCUT2D eigenvalue weighted by Gasteiger charge is -2.55. The zero-order chi connectivity index (χ0) is 12.5. The van der Waals surface area contributed by atoms with E-state index < -0.39 is 11.4 Å². The molecule has 0 spiro atoms. The van der Waals surface area contributed by atoms with Crippen molar-refractivity contribution in [3.8, 4) is 0 Å². The molecule has 1 atom stereocenters. The first-order chi connectivity index (χ1) is 8.22. The van der Waals surface area contributed by atoms with Crippen LogP contribution in [0.4, 0.5) is 0 Å². The van der Waals surface area contributed by atoms with Crippen molar-refractivity contribution in [1.29, 1.82) is 0 Å². The number of fused-ring (bicyclic) bond motifs is 1. The molecule has 3 nitrogen and oxygen atoms in total. The van der Waals surface area contributed by atoms with Gasteiger partial charge in [-0.1, -0.05) is 30.3 Å². The van der Waals surface area contributed by atoms with Crippen LogP contribution < -0.4 is 0 Å². The molecule has 1 aliphatic carbocycles. The minimum Gasteiger partial charge on any atom is -0.363 e. The van der Waals surface area contributed by atoms with Crippen molar-refractivity contribution in [2.24, 2.45) is 0 Å². The molecule has 0 saturated carbocycles. The topological polar surface area (TPSA) is 27.7 Å². The molecule has 17 heavy (non-hydrogen) atoms. The highest BCUT2D eigenvalue weighted by Crippen LogP contribution is 2.58. The van der Waals surface area contributed by atoms with Crippen LogP contribution >= 0.6 is 0 Å². The Labute approximate surface area is 102 Å². The number of methoxy groups -OCH3 is 3. The molecule has 0 aliphatic heterocycles. The third-order valence-electron chi connectivity index (χ3n) is 3.47. The smallest absolute Gasteiger partial charge is 0.233 e. The van der Waals surface area contributed by atoms with Crippen molar-refractivity contribution in [3.63, 3.8) is 0 Å². The number of allylic oxidation sites excluding steroid dienone is 1. The molecule has 0 amide bonds. The molecule has 0 N–H and O–H groups in total. The minimum absolute atomic E-state index is 0.665. The van der Waals surface area contributed by atoms with E-state index in [0.717, 1.165) is 11.1 Å². The number of rotatable bonds is 4. The predicted molar refractivity (Wildman–Crippen MR) is 65.6 cm³/mol. The molecule has 2 rings (SSSR count). The molecule has 1 aromatic rings. The van der Waals surface area contributed by atoms with Crippen molar-refractivity contribution >= 4 is 0 Å². The Hall–Kier alpha value is -1.16. The second kappa shape index (κ2) is 4.26. The summed E-state index contributed by atoms with van der Waals surface area (Å²) in [5.74, 6) is -0.856. The molecular weight excluding hydrogens is 216 g/mol. The van der Waals surface area contributed by atoms with Gasteiger partial charge in [0.25, 0.3) is 0 Å². The maximum Gasteiger partial charge on any atom is 0.233 e. The fourth-order valence-electron chi connectivity index (χ4n) is 2.76. The fraction of sp³-hybridized carbons (Fsp3) is 0.429. The van der Waals surface area contributed by atoms with E-state index in [1.54, 1.807) is 21.3 Å². The van der Waals surface area contributed by atoms with Crippen LogP contribution in [0.2, 0.25) is 0 Å². The fourth-order valence-corrected chi connectivity index (χ4v) is 2.76. The zero-order valence-electron chi connectivity index (χ0n) is 10.7. The lowest BCUT2D eigenvalue weighted by Crippen LogP contribution is -2.60. The molecule has 3 heteroatoms. The summed E-state index contributed by atoms with van der Waals surface area (Å²) in [4.78, 5) is 0. The van der Waals surface area contributed by atoms with Crippen molar-refractivity contribution in [1.82, 2.24) is 0 Å². The first kappa shape index (κ1) is 12.3. The van der Waals surface area contributed by atoms with Gasteiger partial charge < -0.3 is 14.2 Å². The number of hydrogen-bond donors (Lipinski definition) is 0. The monoisotopic (exact) mass is 234 g/mol. The standard InChI is InChI=1S/C14H18O3/c1-5-10-13(15-2)11-8-6-7-9-12(11)14(13,16-3)17-4/h5-10H,1-4H3/b10-5+. The van der Waals surface area contributed by atoms with Gasteiger partial charge in [-0.3, -0.25) is 0 Å².